The zero-order valence-corrected chi connectivity index (χ0v) is 70.1. The monoisotopic (exact) mass is 1680 g/mol. The van der Waals surface area contributed by atoms with Crippen LogP contribution < -0.4 is 110 Å². The Hall–Kier alpha value is -10.6. The fraction of sp³-hybridized carbons (Fsp3) is 0.641. The van der Waals surface area contributed by atoms with E-state index in [0.717, 1.165) is 0 Å². The summed E-state index contributed by atoms with van der Waals surface area (Å²) < 4.78 is 0. The number of carbonyl (C=O) groups excluding carboxylic acids is 12. The van der Waals surface area contributed by atoms with Crippen LogP contribution in [-0.2, 0) is 75.2 Å². The van der Waals surface area contributed by atoms with Crippen LogP contribution in [0.3, 0.4) is 0 Å². The van der Waals surface area contributed by atoms with Crippen molar-refractivity contribution in [3.63, 3.8) is 0 Å². The number of aromatic hydroxyl groups is 1. The summed E-state index contributed by atoms with van der Waals surface area (Å²) in [5.74, 6) is -12.0. The summed E-state index contributed by atoms with van der Waals surface area (Å²) in [5.41, 5.74) is 52.9. The summed E-state index contributed by atoms with van der Waals surface area (Å²) >= 11 is 1.42. The average molecular weight is 1680 g/mol. The molecule has 0 radical (unpaired) electrons. The SMILES string of the molecule is CCC(C)[C@H](NC(=O)[C@H](CCCN=C(N)N)NC(=O)[C@H](CCCN=C(N)N)NC(=O)[C@H](CC(C)C)NC(=O)[C@H](Cc1ccccc1)NC(=O)CNC(=O)[C@H](CCSC)NC(=O)[C@@H](N)Cc1ccc(O)cc1)C(=O)N[C@@H](CCCN=C(N)N)C(=O)N1CCC[C@H]1C(=O)N[C@@H](CCCCN)C(=O)N[C@@H](CC(C)C)C(=O)N[C@@H](CCCCN)C(=O)O. The molecule has 3 rings (SSSR count). The van der Waals surface area contributed by atoms with Gasteiger partial charge in [0, 0.05) is 32.6 Å². The number of carboxylic acids is 1. The van der Waals surface area contributed by atoms with Crippen LogP contribution in [0.4, 0.5) is 0 Å². The van der Waals surface area contributed by atoms with Gasteiger partial charge in [-0.3, -0.25) is 72.5 Å². The molecule has 1 saturated heterocycles. The Morgan fingerprint density at radius 2 is 0.907 bits per heavy atom. The molecule has 1 unspecified atom stereocenters. The molecule has 39 nitrogen and oxygen atoms in total. The van der Waals surface area contributed by atoms with E-state index in [2.05, 4.69) is 73.5 Å². The molecule has 2 aromatic carbocycles. The molecule has 31 N–H and O–H groups in total. The van der Waals surface area contributed by atoms with E-state index in [0.29, 0.717) is 55.5 Å². The van der Waals surface area contributed by atoms with Crippen molar-refractivity contribution in [1.29, 1.82) is 0 Å². The number of phenols is 1. The van der Waals surface area contributed by atoms with Crippen LogP contribution in [0.5, 0.6) is 5.75 Å². The summed E-state index contributed by atoms with van der Waals surface area (Å²) in [6.07, 6.45) is 4.63. The highest BCUT2D eigenvalue weighted by Crippen LogP contribution is 2.23. The number of nitrogens with two attached hydrogens (primary N) is 9. The third-order valence-electron chi connectivity index (χ3n) is 19.5. The van der Waals surface area contributed by atoms with Gasteiger partial charge in [0.25, 0.3) is 0 Å². The molecule has 12 amide bonds. The predicted molar refractivity (Wildman–Crippen MR) is 452 cm³/mol. The minimum absolute atomic E-state index is 0.00733. The van der Waals surface area contributed by atoms with Crippen LogP contribution in [0.2, 0.25) is 0 Å². The first-order valence-electron chi connectivity index (χ1n) is 40.5. The zero-order chi connectivity index (χ0) is 88.0. The number of hydrogen-bond acceptors (Lipinski definition) is 21. The molecular formula is C78H132N24O15S. The number of carboxylic acid groups (broad SMARTS) is 1. The van der Waals surface area contributed by atoms with Gasteiger partial charge >= 0.3 is 5.97 Å². The molecule has 40 heteroatoms. The number of phenolic OH excluding ortho intramolecular Hbond substituents is 1. The highest BCUT2D eigenvalue weighted by Gasteiger charge is 2.42. The van der Waals surface area contributed by atoms with Crippen molar-refractivity contribution >= 4 is 106 Å². The maximum atomic E-state index is 15.1. The Morgan fingerprint density at radius 3 is 1.39 bits per heavy atom. The molecule has 1 aliphatic heterocycles. The maximum absolute atomic E-state index is 15.1. The number of unbranched alkanes of at least 4 members (excludes halogenated alkanes) is 2. The van der Waals surface area contributed by atoms with Gasteiger partial charge in [-0.1, -0.05) is 90.4 Å². The number of aliphatic carboxylic acids is 1. The molecule has 0 bridgehead atoms. The van der Waals surface area contributed by atoms with E-state index in [1.807, 2.05) is 20.1 Å². The molecule has 13 atom stereocenters. The van der Waals surface area contributed by atoms with Crippen molar-refractivity contribution in [2.75, 3.05) is 57.8 Å². The minimum atomic E-state index is -1.49. The lowest BCUT2D eigenvalue weighted by Crippen LogP contribution is -2.61. The first-order chi connectivity index (χ1) is 56.0. The highest BCUT2D eigenvalue weighted by atomic mass is 32.2. The molecule has 1 fully saturated rings. The Labute approximate surface area is 695 Å². The first kappa shape index (κ1) is 102. The fourth-order valence-electron chi connectivity index (χ4n) is 12.9. The Kier molecular flexibility index (Phi) is 47.5. The third kappa shape index (κ3) is 39.1. The number of benzene rings is 2. The topological polar surface area (TPSA) is 669 Å². The van der Waals surface area contributed by atoms with Crippen molar-refractivity contribution in [1.82, 2.24) is 63.4 Å². The zero-order valence-electron chi connectivity index (χ0n) is 69.3. The molecule has 660 valence electrons. The number of guanidine groups is 3. The van der Waals surface area contributed by atoms with Gasteiger partial charge in [-0.15, -0.1) is 0 Å². The number of amides is 12. The van der Waals surface area contributed by atoms with Crippen LogP contribution in [0.1, 0.15) is 168 Å². The molecule has 2 aromatic rings. The van der Waals surface area contributed by atoms with Crippen molar-refractivity contribution in [2.24, 2.45) is 84.3 Å². The summed E-state index contributed by atoms with van der Waals surface area (Å²) in [6, 6.07) is -0.808. The minimum Gasteiger partial charge on any atom is -0.508 e. The van der Waals surface area contributed by atoms with E-state index in [1.54, 1.807) is 70.2 Å². The second-order valence-electron chi connectivity index (χ2n) is 30.3. The van der Waals surface area contributed by atoms with Crippen molar-refractivity contribution in [3.05, 3.63) is 65.7 Å². The average Bonchev–Trinajstić information content (AvgIpc) is 1.64. The Bertz CT molecular complexity index is 3620. The molecule has 1 aliphatic rings. The molecule has 118 heavy (non-hydrogen) atoms. The van der Waals surface area contributed by atoms with Gasteiger partial charge in [-0.2, -0.15) is 11.8 Å². The van der Waals surface area contributed by atoms with Gasteiger partial charge in [0.2, 0.25) is 70.9 Å². The van der Waals surface area contributed by atoms with Gasteiger partial charge in [-0.05, 0) is 182 Å². The molecule has 0 spiro atoms. The van der Waals surface area contributed by atoms with Crippen LogP contribution >= 0.6 is 11.8 Å². The number of likely N-dealkylation sites (tertiary alicyclic amines) is 1. The number of nitrogens with zero attached hydrogens (tertiary/aromatic N) is 4. The highest BCUT2D eigenvalue weighted by molar-refractivity contribution is 7.98. The lowest BCUT2D eigenvalue weighted by atomic mass is 9.96. The van der Waals surface area contributed by atoms with E-state index < -0.39 is 162 Å². The largest absolute Gasteiger partial charge is 0.508 e. The van der Waals surface area contributed by atoms with E-state index in [1.165, 1.54) is 28.8 Å². The van der Waals surface area contributed by atoms with Gasteiger partial charge in [0.15, 0.2) is 17.9 Å². The Morgan fingerprint density at radius 1 is 0.483 bits per heavy atom. The Balaban J connectivity index is 2.00. The quantitative estimate of drug-likeness (QED) is 0.0177. The van der Waals surface area contributed by atoms with E-state index in [4.69, 9.17) is 51.6 Å². The van der Waals surface area contributed by atoms with Gasteiger partial charge in [0.05, 0.1) is 12.6 Å². The summed E-state index contributed by atoms with van der Waals surface area (Å²) in [4.78, 5) is 199. The molecule has 1 heterocycles. The normalized spacial score (nSPS) is 15.5. The van der Waals surface area contributed by atoms with Crippen molar-refractivity contribution in [3.8, 4) is 5.75 Å². The summed E-state index contributed by atoms with van der Waals surface area (Å²) in [5, 5.41) is 49.5. The van der Waals surface area contributed by atoms with Crippen LogP contribution in [0, 0.1) is 17.8 Å². The number of nitrogens with one attached hydrogen (secondary N) is 11. The smallest absolute Gasteiger partial charge is 0.326 e. The number of rotatable bonds is 57. The van der Waals surface area contributed by atoms with Gasteiger partial charge < -0.3 is 125 Å². The summed E-state index contributed by atoms with van der Waals surface area (Å²) in [6.45, 7) is 10.6. The van der Waals surface area contributed by atoms with Crippen molar-refractivity contribution in [2.45, 2.75) is 242 Å². The third-order valence-corrected chi connectivity index (χ3v) is 20.1. The van der Waals surface area contributed by atoms with E-state index >= 15 is 14.4 Å². The first-order valence-corrected chi connectivity index (χ1v) is 41.9. The number of thioether (sulfide) groups is 1. The molecule has 0 saturated carbocycles. The molecule has 0 aliphatic carbocycles. The van der Waals surface area contributed by atoms with E-state index in [-0.39, 0.29) is 165 Å². The lowest BCUT2D eigenvalue weighted by molar-refractivity contribution is -0.143. The van der Waals surface area contributed by atoms with Crippen LogP contribution in [0.25, 0.3) is 0 Å². The maximum Gasteiger partial charge on any atom is 0.326 e. The van der Waals surface area contributed by atoms with Gasteiger partial charge in [0.1, 0.15) is 72.2 Å². The fourth-order valence-corrected chi connectivity index (χ4v) is 13.4. The van der Waals surface area contributed by atoms with Gasteiger partial charge in [-0.25, -0.2) is 4.79 Å². The van der Waals surface area contributed by atoms with Crippen molar-refractivity contribution < 1.29 is 72.5 Å². The standard InChI is InChI=1S/C78H132N24O15S/c1-8-47(6)63(73(114)97-56(26-18-37-90-78(86)87)74(115)102-38-19-27-61(102)72(113)96-52(22-12-14-33-79)67(108)99-59(41-46(4)5)70(111)98-57(75(116)117)23-13-15-34-80)101-68(109)54(25-17-36-89-77(84)85)94-66(107)53(24-16-35-88-76(82)83)95-69(110)58(40-45(2)3)100-71(112)60(43-48-20-10-9-11-21-48)92-62(104)44-91-65(106)55(32-39-118-7)93-64(105)51(81)42-49-28-30-50(103)31-29-49/h9-11,20-21,28-31,45-47,51-61,63,103H,8,12-19,22-27,32-44,79-81H2,1-7H3,(H,91,106)(H,92,104)(H,93,105)(H,94,107)(H,95,110)(H,96,113)(H,97,114)(H,98,111)(H,99,108)(H,100,112)(H,101,109)(H,116,117)(H4,82,83,88)(H4,84,85,89)(H4,86,87,90)/t47?,51-,52-,53-,54-,55-,56-,57-,58-,59-,60-,61-,63-/m0/s1. The lowest BCUT2D eigenvalue weighted by Gasteiger charge is -2.32. The molecule has 0 aromatic heterocycles. The number of aliphatic imine (C=N–C) groups is 3. The number of hydrogen-bond donors (Lipinski definition) is 22. The second kappa shape index (κ2) is 55.1. The summed E-state index contributed by atoms with van der Waals surface area (Å²) in [7, 11) is 0. The number of carbonyl (C=O) groups is 13. The van der Waals surface area contributed by atoms with Crippen LogP contribution in [-0.4, -0.2) is 240 Å². The predicted octanol–water partition coefficient (Wildman–Crippen LogP) is -3.15. The van der Waals surface area contributed by atoms with Crippen LogP contribution in [0.15, 0.2) is 69.6 Å². The molecular weight excluding hydrogens is 1550 g/mol. The van der Waals surface area contributed by atoms with E-state index in [9.17, 15) is 58.2 Å². The second-order valence-corrected chi connectivity index (χ2v) is 31.3.